The Labute approximate surface area is 151 Å². The fourth-order valence-corrected chi connectivity index (χ4v) is 2.84. The summed E-state index contributed by atoms with van der Waals surface area (Å²) in [7, 11) is 0. The van der Waals surface area contributed by atoms with Crippen molar-refractivity contribution < 1.29 is 22.8 Å². The largest absolute Gasteiger partial charge is 0.435 e. The summed E-state index contributed by atoms with van der Waals surface area (Å²) in [5.41, 5.74) is 1.54. The van der Waals surface area contributed by atoms with Crippen LogP contribution in [0.3, 0.4) is 0 Å². The quantitative estimate of drug-likeness (QED) is 0.646. The molecule has 1 aromatic carbocycles. The van der Waals surface area contributed by atoms with Gasteiger partial charge in [0.05, 0.1) is 0 Å². The van der Waals surface area contributed by atoms with Crippen molar-refractivity contribution in [1.82, 2.24) is 15.5 Å². The van der Waals surface area contributed by atoms with E-state index in [1.807, 2.05) is 16.8 Å². The van der Waals surface area contributed by atoms with Crippen molar-refractivity contribution in [1.29, 1.82) is 0 Å². The molecule has 0 saturated heterocycles. The van der Waals surface area contributed by atoms with E-state index in [9.17, 15) is 13.6 Å². The molecule has 0 fully saturated rings. The maximum atomic E-state index is 12.2. The summed E-state index contributed by atoms with van der Waals surface area (Å²) in [4.78, 5) is 16.2. The Bertz CT molecular complexity index is 853. The van der Waals surface area contributed by atoms with E-state index in [-0.39, 0.29) is 24.6 Å². The topological polar surface area (TPSA) is 77.2 Å². The average Bonchev–Trinajstić information content (AvgIpc) is 3.29. The molecule has 1 N–H and O–H groups in total. The third-order valence-electron chi connectivity index (χ3n) is 3.43. The SMILES string of the molecule is O=C(CCc1nc(-c2ccsc2)no1)NCc1cccc(OC(F)F)c1. The summed E-state index contributed by atoms with van der Waals surface area (Å²) < 4.78 is 33.9. The van der Waals surface area contributed by atoms with Crippen LogP contribution in [0.15, 0.2) is 45.6 Å². The summed E-state index contributed by atoms with van der Waals surface area (Å²) in [5.74, 6) is 0.727. The standard InChI is InChI=1S/C17H15F2N3O3S/c18-17(19)24-13-3-1-2-11(8-13)9-20-14(23)4-5-15-21-16(22-25-15)12-6-7-26-10-12/h1-3,6-8,10,17H,4-5,9H2,(H,20,23). The zero-order valence-electron chi connectivity index (χ0n) is 13.5. The number of hydrogen-bond acceptors (Lipinski definition) is 6. The van der Waals surface area contributed by atoms with Crippen LogP contribution in [-0.4, -0.2) is 22.7 Å². The van der Waals surface area contributed by atoms with Crippen molar-refractivity contribution in [2.75, 3.05) is 0 Å². The Kier molecular flexibility index (Phi) is 5.90. The van der Waals surface area contributed by atoms with E-state index in [4.69, 9.17) is 4.52 Å². The Morgan fingerprint density at radius 3 is 3.00 bits per heavy atom. The number of benzene rings is 1. The van der Waals surface area contributed by atoms with Gasteiger partial charge in [-0.15, -0.1) is 0 Å². The zero-order chi connectivity index (χ0) is 18.4. The van der Waals surface area contributed by atoms with Crippen molar-refractivity contribution in [3.63, 3.8) is 0 Å². The second-order valence-electron chi connectivity index (χ2n) is 5.33. The van der Waals surface area contributed by atoms with Gasteiger partial charge in [-0.1, -0.05) is 17.3 Å². The van der Waals surface area contributed by atoms with Gasteiger partial charge in [-0.2, -0.15) is 25.1 Å². The molecule has 0 aliphatic rings. The third kappa shape index (κ3) is 5.09. The van der Waals surface area contributed by atoms with Gasteiger partial charge in [-0.05, 0) is 29.1 Å². The van der Waals surface area contributed by atoms with Gasteiger partial charge in [0, 0.05) is 30.3 Å². The first-order valence-electron chi connectivity index (χ1n) is 7.76. The van der Waals surface area contributed by atoms with E-state index in [0.717, 1.165) is 5.56 Å². The van der Waals surface area contributed by atoms with Gasteiger partial charge in [0.25, 0.3) is 0 Å². The average molecular weight is 379 g/mol. The van der Waals surface area contributed by atoms with Gasteiger partial charge < -0.3 is 14.6 Å². The van der Waals surface area contributed by atoms with E-state index < -0.39 is 6.61 Å². The van der Waals surface area contributed by atoms with Crippen molar-refractivity contribution in [2.45, 2.75) is 26.0 Å². The highest BCUT2D eigenvalue weighted by molar-refractivity contribution is 7.08. The van der Waals surface area contributed by atoms with E-state index in [1.165, 1.54) is 23.5 Å². The second kappa shape index (κ2) is 8.52. The van der Waals surface area contributed by atoms with Crippen molar-refractivity contribution in [3.8, 4) is 17.1 Å². The molecule has 3 rings (SSSR count). The molecule has 26 heavy (non-hydrogen) atoms. The van der Waals surface area contributed by atoms with Crippen LogP contribution in [0.25, 0.3) is 11.4 Å². The maximum absolute atomic E-state index is 12.2. The Balaban J connectivity index is 1.46. The molecule has 0 saturated carbocycles. The summed E-state index contributed by atoms with van der Waals surface area (Å²) in [6, 6.07) is 8.07. The van der Waals surface area contributed by atoms with E-state index in [1.54, 1.807) is 12.1 Å². The van der Waals surface area contributed by atoms with Crippen LogP contribution < -0.4 is 10.1 Å². The number of halogens is 2. The number of nitrogens with zero attached hydrogens (tertiary/aromatic N) is 2. The third-order valence-corrected chi connectivity index (χ3v) is 4.11. The van der Waals surface area contributed by atoms with Gasteiger partial charge in [0.1, 0.15) is 5.75 Å². The lowest BCUT2D eigenvalue weighted by molar-refractivity contribution is -0.121. The molecule has 0 aliphatic carbocycles. The minimum absolute atomic E-state index is 0.0542. The molecule has 1 amide bonds. The van der Waals surface area contributed by atoms with Gasteiger partial charge in [-0.25, -0.2) is 0 Å². The molecule has 136 valence electrons. The number of ether oxygens (including phenoxy) is 1. The normalized spacial score (nSPS) is 10.9. The first-order chi connectivity index (χ1) is 12.6. The van der Waals surface area contributed by atoms with Crippen molar-refractivity contribution in [3.05, 3.63) is 52.5 Å². The fourth-order valence-electron chi connectivity index (χ4n) is 2.21. The van der Waals surface area contributed by atoms with Crippen molar-refractivity contribution >= 4 is 17.2 Å². The van der Waals surface area contributed by atoms with Crippen LogP contribution >= 0.6 is 11.3 Å². The second-order valence-corrected chi connectivity index (χ2v) is 6.11. The number of amides is 1. The molecule has 2 aromatic heterocycles. The van der Waals surface area contributed by atoms with E-state index in [2.05, 4.69) is 20.2 Å². The van der Waals surface area contributed by atoms with Crippen molar-refractivity contribution in [2.24, 2.45) is 0 Å². The number of thiophene rings is 1. The number of aromatic nitrogens is 2. The highest BCUT2D eigenvalue weighted by Crippen LogP contribution is 2.19. The van der Waals surface area contributed by atoms with Crippen LogP contribution in [0.2, 0.25) is 0 Å². The number of carbonyl (C=O) groups is 1. The monoisotopic (exact) mass is 379 g/mol. The molecule has 6 nitrogen and oxygen atoms in total. The van der Waals surface area contributed by atoms with Gasteiger partial charge in [-0.3, -0.25) is 4.79 Å². The Morgan fingerprint density at radius 1 is 1.35 bits per heavy atom. The Morgan fingerprint density at radius 2 is 2.23 bits per heavy atom. The highest BCUT2D eigenvalue weighted by Gasteiger charge is 2.11. The molecule has 0 aliphatic heterocycles. The number of rotatable bonds is 8. The van der Waals surface area contributed by atoms with E-state index >= 15 is 0 Å². The molecule has 0 radical (unpaired) electrons. The molecule has 9 heteroatoms. The molecule has 3 aromatic rings. The van der Waals surface area contributed by atoms with Crippen LogP contribution in [0, 0.1) is 0 Å². The number of alkyl halides is 2. The van der Waals surface area contributed by atoms with Crippen LogP contribution in [-0.2, 0) is 17.8 Å². The number of hydrogen-bond donors (Lipinski definition) is 1. The molecule has 0 atom stereocenters. The molecule has 0 unspecified atom stereocenters. The molecule has 2 heterocycles. The summed E-state index contributed by atoms with van der Waals surface area (Å²) >= 11 is 1.53. The maximum Gasteiger partial charge on any atom is 0.387 e. The number of carbonyl (C=O) groups excluding carboxylic acids is 1. The first kappa shape index (κ1) is 18.0. The minimum Gasteiger partial charge on any atom is -0.435 e. The van der Waals surface area contributed by atoms with Crippen LogP contribution in [0.1, 0.15) is 17.9 Å². The summed E-state index contributed by atoms with van der Waals surface area (Å²) in [6.07, 6.45) is 0.496. The lowest BCUT2D eigenvalue weighted by Gasteiger charge is -2.08. The lowest BCUT2D eigenvalue weighted by Crippen LogP contribution is -2.23. The number of nitrogens with one attached hydrogen (secondary N) is 1. The summed E-state index contributed by atoms with van der Waals surface area (Å²) in [5, 5.41) is 10.4. The first-order valence-corrected chi connectivity index (χ1v) is 8.70. The molecular weight excluding hydrogens is 364 g/mol. The van der Waals surface area contributed by atoms with Crippen LogP contribution in [0.4, 0.5) is 8.78 Å². The summed E-state index contributed by atoms with van der Waals surface area (Å²) in [6.45, 7) is -2.67. The lowest BCUT2D eigenvalue weighted by atomic mass is 10.2. The Hall–Kier alpha value is -2.81. The number of aryl methyl sites for hydroxylation is 1. The smallest absolute Gasteiger partial charge is 0.387 e. The van der Waals surface area contributed by atoms with Gasteiger partial charge >= 0.3 is 6.61 Å². The van der Waals surface area contributed by atoms with Gasteiger partial charge in [0.2, 0.25) is 17.6 Å². The highest BCUT2D eigenvalue weighted by atomic mass is 32.1. The fraction of sp³-hybridized carbons (Fsp3) is 0.235. The predicted octanol–water partition coefficient (Wildman–Crippen LogP) is 3.65. The molecular formula is C17H15F2N3O3S. The minimum atomic E-state index is -2.88. The zero-order valence-corrected chi connectivity index (χ0v) is 14.3. The predicted molar refractivity (Wildman–Crippen MR) is 90.9 cm³/mol. The molecule has 0 spiro atoms. The van der Waals surface area contributed by atoms with E-state index in [0.29, 0.717) is 23.7 Å². The van der Waals surface area contributed by atoms with Gasteiger partial charge in [0.15, 0.2) is 0 Å². The van der Waals surface area contributed by atoms with Crippen LogP contribution in [0.5, 0.6) is 5.75 Å². The molecule has 0 bridgehead atoms.